The predicted molar refractivity (Wildman–Crippen MR) is 56.7 cm³/mol. The number of anilines is 1. The summed E-state index contributed by atoms with van der Waals surface area (Å²) in [4.78, 5) is 8.22. The Morgan fingerprint density at radius 3 is 2.79 bits per heavy atom. The third-order valence-electron chi connectivity index (χ3n) is 1.86. The van der Waals surface area contributed by atoms with Crippen molar-refractivity contribution in [3.05, 3.63) is 11.9 Å². The number of hydrogen-bond donors (Lipinski definition) is 1. The van der Waals surface area contributed by atoms with Crippen molar-refractivity contribution in [3.63, 3.8) is 0 Å². The summed E-state index contributed by atoms with van der Waals surface area (Å²) < 4.78 is 5.37. The summed E-state index contributed by atoms with van der Waals surface area (Å²) in [6, 6.07) is 0. The second-order valence-corrected chi connectivity index (χ2v) is 3.01. The molecular weight excluding hydrogens is 178 g/mol. The van der Waals surface area contributed by atoms with Gasteiger partial charge in [-0.2, -0.15) is 0 Å². The van der Waals surface area contributed by atoms with E-state index in [9.17, 15) is 0 Å². The Balaban J connectivity index is 2.78. The average Bonchev–Trinajstić information content (AvgIpc) is 2.20. The van der Waals surface area contributed by atoms with Crippen molar-refractivity contribution in [3.8, 4) is 5.88 Å². The lowest BCUT2D eigenvalue weighted by Crippen LogP contribution is -2.06. The molecule has 1 N–H and O–H groups in total. The molecule has 14 heavy (non-hydrogen) atoms. The first-order valence-corrected chi connectivity index (χ1v) is 4.97. The van der Waals surface area contributed by atoms with E-state index in [2.05, 4.69) is 22.2 Å². The molecule has 0 atom stereocenters. The molecule has 0 saturated heterocycles. The fraction of sp³-hybridized carbons (Fsp3) is 0.600. The maximum atomic E-state index is 5.37. The van der Waals surface area contributed by atoms with Crippen molar-refractivity contribution in [2.75, 3.05) is 18.5 Å². The van der Waals surface area contributed by atoms with Crippen LogP contribution < -0.4 is 10.1 Å². The van der Waals surface area contributed by atoms with Gasteiger partial charge in [0.05, 0.1) is 12.2 Å². The summed E-state index contributed by atoms with van der Waals surface area (Å²) >= 11 is 0. The molecule has 1 aromatic heterocycles. The van der Waals surface area contributed by atoms with E-state index in [0.717, 1.165) is 24.3 Å². The van der Waals surface area contributed by atoms with Gasteiger partial charge in [0.2, 0.25) is 5.88 Å². The molecule has 0 unspecified atom stereocenters. The summed E-state index contributed by atoms with van der Waals surface area (Å²) in [5, 5.41) is 3.23. The van der Waals surface area contributed by atoms with Crippen LogP contribution in [0.15, 0.2) is 6.33 Å². The highest BCUT2D eigenvalue weighted by molar-refractivity contribution is 5.47. The van der Waals surface area contributed by atoms with Crippen LogP contribution in [0.25, 0.3) is 0 Å². The Morgan fingerprint density at radius 2 is 2.14 bits per heavy atom. The van der Waals surface area contributed by atoms with Crippen LogP contribution in [0.4, 0.5) is 5.82 Å². The maximum Gasteiger partial charge on any atom is 0.221 e. The zero-order valence-electron chi connectivity index (χ0n) is 9.00. The van der Waals surface area contributed by atoms with Crippen molar-refractivity contribution < 1.29 is 4.74 Å². The van der Waals surface area contributed by atoms with Crippen molar-refractivity contribution >= 4 is 5.82 Å². The molecule has 0 radical (unpaired) electrons. The van der Waals surface area contributed by atoms with E-state index in [0.29, 0.717) is 12.5 Å². The van der Waals surface area contributed by atoms with Crippen LogP contribution in [0.5, 0.6) is 5.88 Å². The predicted octanol–water partition coefficient (Wildman–Crippen LogP) is 2.01. The Labute approximate surface area is 84.7 Å². The quantitative estimate of drug-likeness (QED) is 0.780. The molecule has 0 spiro atoms. The summed E-state index contributed by atoms with van der Waals surface area (Å²) in [7, 11) is 0. The smallest absolute Gasteiger partial charge is 0.221 e. The lowest BCUT2D eigenvalue weighted by molar-refractivity contribution is 0.324. The minimum Gasteiger partial charge on any atom is -0.478 e. The first kappa shape index (κ1) is 10.8. The van der Waals surface area contributed by atoms with Crippen LogP contribution >= 0.6 is 0 Å². The van der Waals surface area contributed by atoms with E-state index in [1.807, 2.05) is 13.8 Å². The van der Waals surface area contributed by atoms with Gasteiger partial charge < -0.3 is 10.1 Å². The van der Waals surface area contributed by atoms with E-state index in [-0.39, 0.29) is 0 Å². The molecule has 78 valence electrons. The van der Waals surface area contributed by atoms with Crippen LogP contribution in [0.3, 0.4) is 0 Å². The first-order valence-electron chi connectivity index (χ1n) is 4.97. The molecule has 0 aliphatic carbocycles. The van der Waals surface area contributed by atoms with Crippen molar-refractivity contribution in [1.29, 1.82) is 0 Å². The van der Waals surface area contributed by atoms with E-state index < -0.39 is 0 Å². The zero-order valence-corrected chi connectivity index (χ0v) is 9.00. The third kappa shape index (κ3) is 2.58. The van der Waals surface area contributed by atoms with Crippen LogP contribution in [0.2, 0.25) is 0 Å². The van der Waals surface area contributed by atoms with Gasteiger partial charge in [-0.1, -0.05) is 6.92 Å². The largest absolute Gasteiger partial charge is 0.478 e. The van der Waals surface area contributed by atoms with E-state index in [1.165, 1.54) is 6.33 Å². The number of hydrogen-bond acceptors (Lipinski definition) is 4. The highest BCUT2D eigenvalue weighted by Gasteiger charge is 2.06. The molecule has 0 aliphatic heterocycles. The van der Waals surface area contributed by atoms with Crippen LogP contribution in [-0.2, 0) is 0 Å². The molecule has 0 saturated carbocycles. The Kier molecular flexibility index (Phi) is 4.16. The number of ether oxygens (including phenoxy) is 1. The van der Waals surface area contributed by atoms with Crippen LogP contribution in [-0.4, -0.2) is 23.1 Å². The summed E-state index contributed by atoms with van der Waals surface area (Å²) in [6.45, 7) is 7.57. The molecule has 0 amide bonds. The first-order chi connectivity index (χ1) is 6.79. The second kappa shape index (κ2) is 5.42. The van der Waals surface area contributed by atoms with E-state index >= 15 is 0 Å². The molecule has 1 aromatic rings. The molecule has 4 nitrogen and oxygen atoms in total. The maximum absolute atomic E-state index is 5.37. The van der Waals surface area contributed by atoms with Gasteiger partial charge in [0.25, 0.3) is 0 Å². The van der Waals surface area contributed by atoms with Crippen molar-refractivity contribution in [2.24, 2.45) is 0 Å². The van der Waals surface area contributed by atoms with Gasteiger partial charge in [-0.15, -0.1) is 0 Å². The van der Waals surface area contributed by atoms with Gasteiger partial charge in [-0.3, -0.25) is 0 Å². The number of nitrogens with zero attached hydrogens (tertiary/aromatic N) is 2. The number of rotatable bonds is 5. The zero-order chi connectivity index (χ0) is 10.4. The fourth-order valence-electron chi connectivity index (χ4n) is 1.14. The molecule has 0 bridgehead atoms. The Bertz CT molecular complexity index is 289. The SMILES string of the molecule is CCCNc1ncnc(OCC)c1C. The molecule has 0 aliphatic rings. The lowest BCUT2D eigenvalue weighted by atomic mass is 10.3. The summed E-state index contributed by atoms with van der Waals surface area (Å²) in [5.41, 5.74) is 0.975. The number of nitrogens with one attached hydrogen (secondary N) is 1. The molecule has 1 heterocycles. The Hall–Kier alpha value is -1.32. The van der Waals surface area contributed by atoms with Crippen LogP contribution in [0.1, 0.15) is 25.8 Å². The third-order valence-corrected chi connectivity index (χ3v) is 1.86. The van der Waals surface area contributed by atoms with Gasteiger partial charge in [-0.05, 0) is 20.3 Å². The van der Waals surface area contributed by atoms with Crippen molar-refractivity contribution in [1.82, 2.24) is 9.97 Å². The van der Waals surface area contributed by atoms with E-state index in [1.54, 1.807) is 0 Å². The lowest BCUT2D eigenvalue weighted by Gasteiger charge is -2.10. The summed E-state index contributed by atoms with van der Waals surface area (Å²) in [6.07, 6.45) is 2.60. The normalized spacial score (nSPS) is 9.93. The topological polar surface area (TPSA) is 47.0 Å². The van der Waals surface area contributed by atoms with Gasteiger partial charge in [0.1, 0.15) is 12.1 Å². The van der Waals surface area contributed by atoms with Crippen molar-refractivity contribution in [2.45, 2.75) is 27.2 Å². The molecule has 4 heteroatoms. The van der Waals surface area contributed by atoms with E-state index in [4.69, 9.17) is 4.74 Å². The molecule has 0 fully saturated rings. The fourth-order valence-corrected chi connectivity index (χ4v) is 1.14. The molecular formula is C10H17N3O. The van der Waals surface area contributed by atoms with Gasteiger partial charge in [0, 0.05) is 6.54 Å². The van der Waals surface area contributed by atoms with Gasteiger partial charge in [0.15, 0.2) is 0 Å². The molecule has 0 aromatic carbocycles. The highest BCUT2D eigenvalue weighted by atomic mass is 16.5. The Morgan fingerprint density at radius 1 is 1.36 bits per heavy atom. The minimum atomic E-state index is 0.630. The monoisotopic (exact) mass is 195 g/mol. The second-order valence-electron chi connectivity index (χ2n) is 3.01. The standard InChI is InChI=1S/C10H17N3O/c1-4-6-11-9-8(3)10(14-5-2)13-7-12-9/h7H,4-6H2,1-3H3,(H,11,12,13). The highest BCUT2D eigenvalue weighted by Crippen LogP contribution is 2.19. The van der Waals surface area contributed by atoms with Crippen LogP contribution in [0, 0.1) is 6.92 Å². The minimum absolute atomic E-state index is 0.630. The van der Waals surface area contributed by atoms with Gasteiger partial charge in [-0.25, -0.2) is 9.97 Å². The summed E-state index contributed by atoms with van der Waals surface area (Å²) in [5.74, 6) is 1.53. The number of aromatic nitrogens is 2. The average molecular weight is 195 g/mol. The molecule has 1 rings (SSSR count). The van der Waals surface area contributed by atoms with Gasteiger partial charge >= 0.3 is 0 Å².